The summed E-state index contributed by atoms with van der Waals surface area (Å²) in [5, 5.41) is 6.02. The van der Waals surface area contributed by atoms with Crippen LogP contribution < -0.4 is 20.3 Å². The molecule has 2 N–H and O–H groups in total. The number of methoxy groups -OCH3 is 1. The van der Waals surface area contributed by atoms with E-state index in [4.69, 9.17) is 4.74 Å². The highest BCUT2D eigenvalue weighted by atomic mass is 16.5. The van der Waals surface area contributed by atoms with Crippen LogP contribution in [0.15, 0.2) is 6.33 Å². The number of rotatable bonds is 4. The Morgan fingerprint density at radius 2 is 1.96 bits per heavy atom. The van der Waals surface area contributed by atoms with E-state index in [2.05, 4.69) is 20.6 Å². The summed E-state index contributed by atoms with van der Waals surface area (Å²) < 4.78 is 5.26. The van der Waals surface area contributed by atoms with E-state index in [1.54, 1.807) is 0 Å². The summed E-state index contributed by atoms with van der Waals surface area (Å²) in [6.45, 7) is 0. The molecule has 7 nitrogen and oxygen atoms in total. The molecule has 0 aliphatic heterocycles. The first-order chi connectivity index (χ1) is 11.1. The van der Waals surface area contributed by atoms with Crippen LogP contribution in [0.3, 0.4) is 0 Å². The van der Waals surface area contributed by atoms with Gasteiger partial charge in [-0.2, -0.15) is 4.98 Å². The molecular formula is C16H23N5O2. The molecule has 3 aliphatic rings. The summed E-state index contributed by atoms with van der Waals surface area (Å²) in [7, 11) is 5.27. The Kier molecular flexibility index (Phi) is 3.32. The average Bonchev–Trinajstić information content (AvgIpc) is 2.92. The van der Waals surface area contributed by atoms with Crippen LogP contribution in [0.5, 0.6) is 5.88 Å². The molecule has 0 radical (unpaired) electrons. The summed E-state index contributed by atoms with van der Waals surface area (Å²) in [4.78, 5) is 22.5. The van der Waals surface area contributed by atoms with Crippen molar-refractivity contribution in [2.75, 3.05) is 31.4 Å². The maximum atomic E-state index is 12.4. The molecule has 4 atom stereocenters. The van der Waals surface area contributed by atoms with E-state index < -0.39 is 0 Å². The lowest BCUT2D eigenvalue weighted by Crippen LogP contribution is -2.34. The number of nitrogens with one attached hydrogen (secondary N) is 2. The average molecular weight is 317 g/mol. The molecule has 3 aliphatic carbocycles. The standard InChI is InChI=1S/C16H23N5O2/c1-21(2)14-13(15(23-3)18-7-17-14)20-16(22)19-12-10-8-4-5-9(6-8)11(10)12/h7-12H,4-6H2,1-3H3,(H2,19,20,22)/t8-,9-,10+,11+/m0/s1. The van der Waals surface area contributed by atoms with E-state index in [-0.39, 0.29) is 6.03 Å². The number of nitrogens with zero attached hydrogens (tertiary/aromatic N) is 3. The van der Waals surface area contributed by atoms with Crippen molar-refractivity contribution in [3.63, 3.8) is 0 Å². The second-order valence-corrected chi connectivity index (χ2v) is 7.09. The van der Waals surface area contributed by atoms with Gasteiger partial charge in [0.2, 0.25) is 5.88 Å². The van der Waals surface area contributed by atoms with Gasteiger partial charge in [0.25, 0.3) is 0 Å². The fourth-order valence-electron chi connectivity index (χ4n) is 4.78. The minimum Gasteiger partial charge on any atom is -0.479 e. The van der Waals surface area contributed by atoms with Crippen molar-refractivity contribution in [2.45, 2.75) is 25.3 Å². The van der Waals surface area contributed by atoms with Crippen LogP contribution in [0.1, 0.15) is 19.3 Å². The Morgan fingerprint density at radius 1 is 1.26 bits per heavy atom. The second-order valence-electron chi connectivity index (χ2n) is 7.09. The highest BCUT2D eigenvalue weighted by Crippen LogP contribution is 2.65. The number of carbonyl (C=O) groups excluding carboxylic acids is 1. The number of carbonyl (C=O) groups is 1. The molecule has 3 fully saturated rings. The Labute approximate surface area is 135 Å². The van der Waals surface area contributed by atoms with Gasteiger partial charge in [-0.1, -0.05) is 0 Å². The van der Waals surface area contributed by atoms with Crippen molar-refractivity contribution in [3.05, 3.63) is 6.33 Å². The zero-order valence-electron chi connectivity index (χ0n) is 13.7. The third kappa shape index (κ3) is 2.29. The van der Waals surface area contributed by atoms with Gasteiger partial charge in [0.15, 0.2) is 5.82 Å². The minimum absolute atomic E-state index is 0.194. The first kappa shape index (κ1) is 14.5. The van der Waals surface area contributed by atoms with E-state index >= 15 is 0 Å². The zero-order valence-corrected chi connectivity index (χ0v) is 13.7. The molecule has 7 heteroatoms. The maximum absolute atomic E-state index is 12.4. The predicted molar refractivity (Wildman–Crippen MR) is 86.7 cm³/mol. The topological polar surface area (TPSA) is 79.4 Å². The van der Waals surface area contributed by atoms with Crippen molar-refractivity contribution in [1.29, 1.82) is 0 Å². The predicted octanol–water partition coefficient (Wildman–Crippen LogP) is 1.72. The molecule has 2 amide bonds. The normalized spacial score (nSPS) is 33.1. The van der Waals surface area contributed by atoms with Crippen LogP contribution in [0, 0.1) is 23.7 Å². The van der Waals surface area contributed by atoms with Crippen molar-refractivity contribution >= 4 is 17.5 Å². The van der Waals surface area contributed by atoms with Crippen LogP contribution in [-0.2, 0) is 0 Å². The molecule has 1 aromatic rings. The number of fused-ring (bicyclic) bond motifs is 5. The highest BCUT2D eigenvalue weighted by Gasteiger charge is 2.65. The second kappa shape index (κ2) is 5.25. The number of anilines is 2. The van der Waals surface area contributed by atoms with Gasteiger partial charge in [0, 0.05) is 20.1 Å². The summed E-state index contributed by atoms with van der Waals surface area (Å²) in [6, 6.07) is 0.152. The van der Waals surface area contributed by atoms with Crippen LogP contribution >= 0.6 is 0 Å². The Morgan fingerprint density at radius 3 is 2.57 bits per heavy atom. The van der Waals surface area contributed by atoms with Crippen molar-refractivity contribution in [1.82, 2.24) is 15.3 Å². The number of ether oxygens (including phenoxy) is 1. The fraction of sp³-hybridized carbons (Fsp3) is 0.688. The van der Waals surface area contributed by atoms with E-state index in [0.29, 0.717) is 35.3 Å². The van der Waals surface area contributed by atoms with Gasteiger partial charge < -0.3 is 20.3 Å². The summed E-state index contributed by atoms with van der Waals surface area (Å²) in [5.41, 5.74) is 0.506. The van der Waals surface area contributed by atoms with Crippen LogP contribution in [0.2, 0.25) is 0 Å². The summed E-state index contributed by atoms with van der Waals surface area (Å²) in [6.07, 6.45) is 5.49. The lowest BCUT2D eigenvalue weighted by molar-refractivity contribution is 0.249. The molecule has 0 spiro atoms. The Balaban J connectivity index is 1.45. The summed E-state index contributed by atoms with van der Waals surface area (Å²) >= 11 is 0. The van der Waals surface area contributed by atoms with Gasteiger partial charge in [0.05, 0.1) is 7.11 Å². The Hall–Kier alpha value is -2.05. The number of aromatic nitrogens is 2. The van der Waals surface area contributed by atoms with Gasteiger partial charge in [-0.3, -0.25) is 0 Å². The lowest BCUT2D eigenvalue weighted by atomic mass is 10.0. The van der Waals surface area contributed by atoms with Gasteiger partial charge >= 0.3 is 6.03 Å². The molecule has 124 valence electrons. The quantitative estimate of drug-likeness (QED) is 0.884. The third-order valence-corrected chi connectivity index (χ3v) is 5.68. The minimum atomic E-state index is -0.194. The molecule has 23 heavy (non-hydrogen) atoms. The van der Waals surface area contributed by atoms with Crippen molar-refractivity contribution < 1.29 is 9.53 Å². The van der Waals surface area contributed by atoms with Gasteiger partial charge in [0.1, 0.15) is 12.0 Å². The fourth-order valence-corrected chi connectivity index (χ4v) is 4.78. The van der Waals surface area contributed by atoms with Crippen LogP contribution in [0.4, 0.5) is 16.3 Å². The van der Waals surface area contributed by atoms with Gasteiger partial charge in [-0.25, -0.2) is 9.78 Å². The number of hydrogen-bond acceptors (Lipinski definition) is 5. The first-order valence-corrected chi connectivity index (χ1v) is 8.24. The number of hydrogen-bond donors (Lipinski definition) is 2. The molecule has 3 saturated carbocycles. The van der Waals surface area contributed by atoms with Gasteiger partial charge in [-0.15, -0.1) is 0 Å². The van der Waals surface area contributed by atoms with Crippen molar-refractivity contribution in [2.24, 2.45) is 23.7 Å². The van der Waals surface area contributed by atoms with Gasteiger partial charge in [-0.05, 0) is 42.9 Å². The lowest BCUT2D eigenvalue weighted by Gasteiger charge is -2.18. The number of amides is 2. The van der Waals surface area contributed by atoms with E-state index in [9.17, 15) is 4.79 Å². The van der Waals surface area contributed by atoms with E-state index in [1.165, 1.54) is 32.7 Å². The monoisotopic (exact) mass is 317 g/mol. The molecule has 0 saturated heterocycles. The molecule has 4 rings (SSSR count). The van der Waals surface area contributed by atoms with Crippen molar-refractivity contribution in [3.8, 4) is 5.88 Å². The third-order valence-electron chi connectivity index (χ3n) is 5.68. The molecule has 0 aromatic carbocycles. The SMILES string of the molecule is COc1ncnc(N(C)C)c1NC(=O)NC1[C@@H]2[C@H]3CC[C@@H](C3)[C@@H]12. The molecule has 1 aromatic heterocycles. The van der Waals surface area contributed by atoms with E-state index in [0.717, 1.165) is 11.8 Å². The smallest absolute Gasteiger partial charge is 0.319 e. The first-order valence-electron chi connectivity index (χ1n) is 8.24. The largest absolute Gasteiger partial charge is 0.479 e. The van der Waals surface area contributed by atoms with Crippen LogP contribution in [-0.4, -0.2) is 43.2 Å². The molecule has 0 unspecified atom stereocenters. The summed E-state index contributed by atoms with van der Waals surface area (Å²) in [5.74, 6) is 4.09. The highest BCUT2D eigenvalue weighted by molar-refractivity contribution is 5.94. The zero-order chi connectivity index (χ0) is 16.1. The van der Waals surface area contributed by atoms with E-state index in [1.807, 2.05) is 19.0 Å². The molecule has 1 heterocycles. The van der Waals surface area contributed by atoms with Crippen LogP contribution in [0.25, 0.3) is 0 Å². The maximum Gasteiger partial charge on any atom is 0.319 e. The Bertz CT molecular complexity index is 619. The molecule has 2 bridgehead atoms. The number of urea groups is 1. The molecular weight excluding hydrogens is 294 g/mol.